The fourth-order valence-corrected chi connectivity index (χ4v) is 2.05. The maximum Gasteiger partial charge on any atom is 0.389 e. The van der Waals surface area contributed by atoms with Crippen LogP contribution >= 0.6 is 0 Å². The van der Waals surface area contributed by atoms with E-state index in [1.54, 1.807) is 6.07 Å². The highest BCUT2D eigenvalue weighted by molar-refractivity contribution is 5.58. The predicted molar refractivity (Wildman–Crippen MR) is 61.2 cm³/mol. The van der Waals surface area contributed by atoms with Crippen molar-refractivity contribution in [1.29, 1.82) is 5.26 Å². The molecule has 0 radical (unpaired) electrons. The van der Waals surface area contributed by atoms with Crippen LogP contribution in [0.25, 0.3) is 5.52 Å². The number of rotatable bonds is 2. The quantitative estimate of drug-likeness (QED) is 0.860. The number of anilines is 1. The number of alkyl halides is 3. The van der Waals surface area contributed by atoms with Gasteiger partial charge in [-0.2, -0.15) is 18.4 Å². The van der Waals surface area contributed by atoms with Gasteiger partial charge in [0, 0.05) is 5.92 Å². The number of aromatic nitrogens is 3. The average molecular weight is 287 g/mol. The zero-order valence-electron chi connectivity index (χ0n) is 10.2. The summed E-state index contributed by atoms with van der Waals surface area (Å²) in [5, 5.41) is 12.6. The normalized spacial score (nSPS) is 13.4. The molecule has 0 saturated heterocycles. The van der Waals surface area contributed by atoms with Crippen LogP contribution in [0, 0.1) is 17.1 Å². The van der Waals surface area contributed by atoms with Gasteiger partial charge in [0.1, 0.15) is 17.1 Å². The van der Waals surface area contributed by atoms with Gasteiger partial charge in [0.2, 0.25) is 5.95 Å². The Labute approximate surface area is 110 Å². The molecule has 106 valence electrons. The Morgan fingerprint density at radius 3 is 2.70 bits per heavy atom. The first kappa shape index (κ1) is 14.0. The first-order valence-electron chi connectivity index (χ1n) is 5.54. The van der Waals surface area contributed by atoms with Crippen molar-refractivity contribution < 1.29 is 17.6 Å². The van der Waals surface area contributed by atoms with Gasteiger partial charge < -0.3 is 5.73 Å². The first-order chi connectivity index (χ1) is 9.24. The third-order valence-corrected chi connectivity index (χ3v) is 2.79. The van der Waals surface area contributed by atoms with Crippen molar-refractivity contribution in [2.75, 3.05) is 5.73 Å². The lowest BCUT2D eigenvalue weighted by atomic mass is 10.0. The van der Waals surface area contributed by atoms with E-state index in [4.69, 9.17) is 11.0 Å². The Kier molecular flexibility index (Phi) is 3.25. The van der Waals surface area contributed by atoms with Crippen molar-refractivity contribution in [2.24, 2.45) is 0 Å². The lowest BCUT2D eigenvalue weighted by Gasteiger charge is -2.14. The van der Waals surface area contributed by atoms with Gasteiger partial charge in [-0.3, -0.25) is 0 Å². The number of hydrogen-bond donors (Lipinski definition) is 1. The van der Waals surface area contributed by atoms with Crippen molar-refractivity contribution in [2.45, 2.75) is 25.4 Å². The molecule has 0 bridgehead atoms. The van der Waals surface area contributed by atoms with Crippen LogP contribution in [0.15, 0.2) is 6.20 Å². The molecule has 2 aromatic heterocycles. The van der Waals surface area contributed by atoms with Crippen molar-refractivity contribution in [3.05, 3.63) is 23.3 Å². The van der Waals surface area contributed by atoms with E-state index in [9.17, 15) is 17.6 Å². The molecule has 2 rings (SSSR count). The number of nitrogen functional groups attached to an aromatic ring is 1. The molecule has 5 nitrogen and oxygen atoms in total. The minimum atomic E-state index is -4.44. The summed E-state index contributed by atoms with van der Waals surface area (Å²) in [4.78, 5) is 3.57. The highest BCUT2D eigenvalue weighted by atomic mass is 19.4. The summed E-state index contributed by atoms with van der Waals surface area (Å²) in [6.45, 7) is 1.24. The molecule has 9 heteroatoms. The van der Waals surface area contributed by atoms with E-state index in [2.05, 4.69) is 10.1 Å². The highest BCUT2D eigenvalue weighted by Crippen LogP contribution is 2.34. The first-order valence-corrected chi connectivity index (χ1v) is 5.54. The van der Waals surface area contributed by atoms with Gasteiger partial charge in [-0.25, -0.2) is 13.9 Å². The molecule has 0 spiro atoms. The molecule has 1 unspecified atom stereocenters. The van der Waals surface area contributed by atoms with Crippen LogP contribution in [0.2, 0.25) is 0 Å². The van der Waals surface area contributed by atoms with Gasteiger partial charge in [-0.1, -0.05) is 6.92 Å². The topological polar surface area (TPSA) is 80.0 Å². The van der Waals surface area contributed by atoms with Gasteiger partial charge in [0.25, 0.3) is 0 Å². The van der Waals surface area contributed by atoms with E-state index >= 15 is 0 Å². The molecule has 0 aromatic carbocycles. The summed E-state index contributed by atoms with van der Waals surface area (Å²) in [7, 11) is 0. The van der Waals surface area contributed by atoms with Crippen LogP contribution in [0.1, 0.15) is 30.5 Å². The van der Waals surface area contributed by atoms with Gasteiger partial charge in [0.15, 0.2) is 5.82 Å². The number of nitriles is 1. The molecule has 2 heterocycles. The predicted octanol–water partition coefficient (Wildman–Crippen LogP) is 2.38. The van der Waals surface area contributed by atoms with E-state index in [0.29, 0.717) is 0 Å². The number of nitrogens with zero attached hydrogens (tertiary/aromatic N) is 4. The molecule has 0 aliphatic carbocycles. The standard InChI is InChI=1S/C11H9F4N5/c1-5(2-11(13,14)15)9-6(3-16)8(12)7-4-18-10(17)19-20(7)9/h4-5H,2H2,1H3,(H2,17,19). The summed E-state index contributed by atoms with van der Waals surface area (Å²) in [6, 6.07) is 1.57. The fourth-order valence-electron chi connectivity index (χ4n) is 2.05. The van der Waals surface area contributed by atoms with Gasteiger partial charge in [-0.15, -0.1) is 5.10 Å². The van der Waals surface area contributed by atoms with Crippen LogP contribution in [0.3, 0.4) is 0 Å². The van der Waals surface area contributed by atoms with E-state index < -0.39 is 29.9 Å². The lowest BCUT2D eigenvalue weighted by Crippen LogP contribution is -2.15. The zero-order valence-corrected chi connectivity index (χ0v) is 10.2. The fraction of sp³-hybridized carbons (Fsp3) is 0.364. The maximum atomic E-state index is 14.0. The van der Waals surface area contributed by atoms with Crippen LogP contribution in [0.5, 0.6) is 0 Å². The minimum Gasteiger partial charge on any atom is -0.367 e. The summed E-state index contributed by atoms with van der Waals surface area (Å²) < 4.78 is 52.3. The van der Waals surface area contributed by atoms with Gasteiger partial charge in [-0.05, 0) is 0 Å². The Morgan fingerprint density at radius 1 is 1.50 bits per heavy atom. The van der Waals surface area contributed by atoms with E-state index in [-0.39, 0.29) is 17.2 Å². The Morgan fingerprint density at radius 2 is 2.15 bits per heavy atom. The van der Waals surface area contributed by atoms with Crippen molar-refractivity contribution in [3.63, 3.8) is 0 Å². The van der Waals surface area contributed by atoms with E-state index in [1.807, 2.05) is 0 Å². The second kappa shape index (κ2) is 4.63. The number of hydrogen-bond acceptors (Lipinski definition) is 4. The summed E-state index contributed by atoms with van der Waals surface area (Å²) in [5.41, 5.74) is 4.54. The molecule has 0 aliphatic heterocycles. The average Bonchev–Trinajstić information content (AvgIpc) is 2.59. The van der Waals surface area contributed by atoms with E-state index in [0.717, 1.165) is 10.7 Å². The van der Waals surface area contributed by atoms with Crippen LogP contribution in [-0.2, 0) is 0 Å². The highest BCUT2D eigenvalue weighted by Gasteiger charge is 2.34. The Hall–Kier alpha value is -2.37. The third-order valence-electron chi connectivity index (χ3n) is 2.79. The van der Waals surface area contributed by atoms with Gasteiger partial charge >= 0.3 is 6.18 Å². The zero-order chi connectivity index (χ0) is 15.1. The Balaban J connectivity index is 2.67. The lowest BCUT2D eigenvalue weighted by molar-refractivity contribution is -0.138. The molecular formula is C11H9F4N5. The summed E-state index contributed by atoms with van der Waals surface area (Å²) >= 11 is 0. The molecule has 0 fully saturated rings. The van der Waals surface area contributed by atoms with Crippen molar-refractivity contribution in [3.8, 4) is 6.07 Å². The van der Waals surface area contributed by atoms with Crippen LogP contribution in [-0.4, -0.2) is 20.8 Å². The molecular weight excluding hydrogens is 278 g/mol. The second-order valence-electron chi connectivity index (χ2n) is 4.32. The number of nitrogens with two attached hydrogens (primary N) is 1. The smallest absolute Gasteiger partial charge is 0.367 e. The van der Waals surface area contributed by atoms with Crippen LogP contribution in [0.4, 0.5) is 23.5 Å². The summed E-state index contributed by atoms with van der Waals surface area (Å²) in [5.74, 6) is -2.31. The second-order valence-corrected chi connectivity index (χ2v) is 4.32. The molecule has 2 aromatic rings. The van der Waals surface area contributed by atoms with Crippen molar-refractivity contribution in [1.82, 2.24) is 14.6 Å². The number of halogens is 4. The minimum absolute atomic E-state index is 0.161. The monoisotopic (exact) mass is 287 g/mol. The van der Waals surface area contributed by atoms with Crippen LogP contribution < -0.4 is 5.73 Å². The van der Waals surface area contributed by atoms with E-state index in [1.165, 1.54) is 6.92 Å². The SMILES string of the molecule is CC(CC(F)(F)F)c1c(C#N)c(F)c2cnc(N)nn12. The molecule has 20 heavy (non-hydrogen) atoms. The molecule has 0 aliphatic rings. The van der Waals surface area contributed by atoms with Gasteiger partial charge in [0.05, 0.1) is 18.3 Å². The maximum absolute atomic E-state index is 14.0. The molecule has 0 saturated carbocycles. The molecule has 0 amide bonds. The molecule has 2 N–H and O–H groups in total. The number of fused-ring (bicyclic) bond motifs is 1. The largest absolute Gasteiger partial charge is 0.389 e. The third kappa shape index (κ3) is 2.36. The summed E-state index contributed by atoms with van der Waals surface area (Å²) in [6.07, 6.45) is -4.61. The Bertz CT molecular complexity index is 697. The van der Waals surface area contributed by atoms with Crippen molar-refractivity contribution >= 4 is 11.5 Å². The molecule has 1 atom stereocenters.